The molecule has 0 unspecified atom stereocenters. The summed E-state index contributed by atoms with van der Waals surface area (Å²) in [5, 5.41) is 32.9. The van der Waals surface area contributed by atoms with E-state index >= 15 is 0 Å². The van der Waals surface area contributed by atoms with Gasteiger partial charge in [-0.2, -0.15) is 5.26 Å². The van der Waals surface area contributed by atoms with Gasteiger partial charge in [0.05, 0.1) is 11.1 Å². The number of nitrogens with one attached hydrogen (secondary N) is 1. The average molecular weight is 473 g/mol. The Morgan fingerprint density at radius 3 is 2.51 bits per heavy atom. The number of aryl methyl sites for hydroxylation is 2. The first-order chi connectivity index (χ1) is 16.6. The minimum Gasteiger partial charge on any atom is -0.489 e. The van der Waals surface area contributed by atoms with Gasteiger partial charge in [-0.3, -0.25) is 0 Å². The minimum atomic E-state index is -1.03. The number of rotatable bonds is 10. The molecule has 0 aliphatic carbocycles. The highest BCUT2D eigenvalue weighted by Gasteiger charge is 2.20. The van der Waals surface area contributed by atoms with Crippen molar-refractivity contribution < 1.29 is 19.7 Å². The third-order valence-electron chi connectivity index (χ3n) is 6.04. The van der Waals surface area contributed by atoms with Gasteiger partial charge in [0.15, 0.2) is 0 Å². The van der Waals surface area contributed by atoms with Crippen molar-refractivity contribution in [1.29, 1.82) is 5.26 Å². The fourth-order valence-corrected chi connectivity index (χ4v) is 3.95. The molecule has 0 heterocycles. The highest BCUT2D eigenvalue weighted by atomic mass is 16.5. The summed E-state index contributed by atoms with van der Waals surface area (Å²) in [6, 6.07) is 20.1. The molecule has 0 aliphatic rings. The molecule has 0 fully saturated rings. The van der Waals surface area contributed by atoms with Crippen molar-refractivity contribution in [3.8, 4) is 22.9 Å². The molecule has 35 heavy (non-hydrogen) atoms. The zero-order valence-corrected chi connectivity index (χ0v) is 20.6. The van der Waals surface area contributed by atoms with Crippen LogP contribution in [0, 0.1) is 25.2 Å². The van der Waals surface area contributed by atoms with Crippen molar-refractivity contribution in [1.82, 2.24) is 5.32 Å². The molecule has 0 aromatic heterocycles. The van der Waals surface area contributed by atoms with E-state index in [1.165, 1.54) is 22.8 Å². The number of carbonyl (C=O) groups is 1. The molecule has 6 heteroatoms. The molecular formula is C29H32N2O4. The van der Waals surface area contributed by atoms with Crippen LogP contribution in [-0.4, -0.2) is 41.0 Å². The van der Waals surface area contributed by atoms with Crippen molar-refractivity contribution >= 4 is 5.97 Å². The van der Waals surface area contributed by atoms with Crippen LogP contribution in [-0.2, 0) is 6.42 Å². The average Bonchev–Trinajstić information content (AvgIpc) is 2.83. The summed E-state index contributed by atoms with van der Waals surface area (Å²) < 4.78 is 5.80. The predicted molar refractivity (Wildman–Crippen MR) is 137 cm³/mol. The first-order valence-electron chi connectivity index (χ1n) is 11.6. The number of nitriles is 1. The molecule has 0 amide bonds. The molecule has 0 saturated carbocycles. The lowest BCUT2D eigenvalue weighted by Crippen LogP contribution is -2.46. The summed E-state index contributed by atoms with van der Waals surface area (Å²) in [6.07, 6.45) is 0.0150. The van der Waals surface area contributed by atoms with Crippen LogP contribution >= 0.6 is 0 Å². The lowest BCUT2D eigenvalue weighted by atomic mass is 9.93. The number of aliphatic hydroxyl groups excluding tert-OH is 1. The number of carboxylic acids is 1. The van der Waals surface area contributed by atoms with Gasteiger partial charge in [0.25, 0.3) is 0 Å². The number of β-amino-alcohol motifs (C(OH)–C–C–N with tert-alkyl or cyclic N) is 1. The van der Waals surface area contributed by atoms with Crippen LogP contribution in [0.5, 0.6) is 5.75 Å². The van der Waals surface area contributed by atoms with E-state index in [1.54, 1.807) is 36.4 Å². The van der Waals surface area contributed by atoms with Gasteiger partial charge < -0.3 is 20.3 Å². The molecule has 1 atom stereocenters. The largest absolute Gasteiger partial charge is 0.489 e. The molecule has 3 aromatic carbocycles. The maximum atomic E-state index is 11.6. The van der Waals surface area contributed by atoms with Gasteiger partial charge in [-0.1, -0.05) is 42.5 Å². The summed E-state index contributed by atoms with van der Waals surface area (Å²) in [5.74, 6) is -0.726. The van der Waals surface area contributed by atoms with E-state index in [1.807, 2.05) is 0 Å². The Labute approximate surface area is 206 Å². The van der Waals surface area contributed by atoms with Crippen LogP contribution in [0.2, 0.25) is 0 Å². The van der Waals surface area contributed by atoms with Gasteiger partial charge in [-0.05, 0) is 80.1 Å². The normalized spacial score (nSPS) is 12.1. The molecule has 0 aliphatic heterocycles. The molecule has 3 aromatic rings. The zero-order chi connectivity index (χ0) is 25.6. The minimum absolute atomic E-state index is 0.00850. The quantitative estimate of drug-likeness (QED) is 0.388. The first kappa shape index (κ1) is 26.0. The summed E-state index contributed by atoms with van der Waals surface area (Å²) >= 11 is 0. The second-order valence-electron chi connectivity index (χ2n) is 9.50. The highest BCUT2D eigenvalue weighted by molar-refractivity contribution is 5.96. The molecule has 3 N–H and O–H groups in total. The third kappa shape index (κ3) is 6.92. The van der Waals surface area contributed by atoms with Crippen molar-refractivity contribution in [2.24, 2.45) is 0 Å². The van der Waals surface area contributed by atoms with Gasteiger partial charge in [0.1, 0.15) is 24.5 Å². The van der Waals surface area contributed by atoms with E-state index in [0.717, 1.165) is 6.42 Å². The number of ether oxygens (including phenoxy) is 1. The van der Waals surface area contributed by atoms with Gasteiger partial charge >= 0.3 is 5.97 Å². The van der Waals surface area contributed by atoms with E-state index in [2.05, 4.69) is 57.3 Å². The fraction of sp³-hybridized carbons (Fsp3) is 0.310. The zero-order valence-electron chi connectivity index (χ0n) is 20.6. The van der Waals surface area contributed by atoms with Gasteiger partial charge in [-0.15, -0.1) is 0 Å². The standard InChI is InChI=1S/C29H32N2O4/c1-19-9-10-21(13-20(19)2)15-29(3,4)31-17-24(32)18-35-27-14-22(11-12-23(27)16-30)25-7-5-6-8-26(25)28(33)34/h5-14,24,31-32H,15,17-18H2,1-4H3,(H,33,34)/t24-/m1/s1. The molecule has 182 valence electrons. The van der Waals surface area contributed by atoms with E-state index in [0.29, 0.717) is 29.0 Å². The Morgan fingerprint density at radius 1 is 1.09 bits per heavy atom. The summed E-state index contributed by atoms with van der Waals surface area (Å²) in [4.78, 5) is 11.6. The number of hydrogen-bond donors (Lipinski definition) is 3. The number of aliphatic hydroxyl groups is 1. The van der Waals surface area contributed by atoms with Crippen molar-refractivity contribution in [3.63, 3.8) is 0 Å². The number of hydrogen-bond acceptors (Lipinski definition) is 5. The Bertz CT molecular complexity index is 1240. The number of aromatic carboxylic acids is 1. The first-order valence-corrected chi connectivity index (χ1v) is 11.6. The van der Waals surface area contributed by atoms with Crippen LogP contribution < -0.4 is 10.1 Å². The lowest BCUT2D eigenvalue weighted by molar-refractivity contribution is 0.0697. The monoisotopic (exact) mass is 472 g/mol. The maximum Gasteiger partial charge on any atom is 0.336 e. The Balaban J connectivity index is 1.64. The summed E-state index contributed by atoms with van der Waals surface area (Å²) in [5.41, 5.74) is 5.15. The van der Waals surface area contributed by atoms with Crippen molar-refractivity contribution in [3.05, 3.63) is 88.5 Å². The topological polar surface area (TPSA) is 103 Å². The second-order valence-corrected chi connectivity index (χ2v) is 9.50. The highest BCUT2D eigenvalue weighted by Crippen LogP contribution is 2.29. The second kappa shape index (κ2) is 11.2. The molecular weight excluding hydrogens is 440 g/mol. The Morgan fingerprint density at radius 2 is 1.83 bits per heavy atom. The smallest absolute Gasteiger partial charge is 0.336 e. The van der Waals surface area contributed by atoms with E-state index in [-0.39, 0.29) is 17.7 Å². The third-order valence-corrected chi connectivity index (χ3v) is 6.04. The van der Waals surface area contributed by atoms with Crippen LogP contribution in [0.1, 0.15) is 46.5 Å². The number of nitrogens with zero attached hydrogens (tertiary/aromatic N) is 1. The summed E-state index contributed by atoms with van der Waals surface area (Å²) in [7, 11) is 0. The van der Waals surface area contributed by atoms with Crippen molar-refractivity contribution in [2.75, 3.05) is 13.2 Å². The predicted octanol–water partition coefficient (Wildman–Crippen LogP) is 4.89. The van der Waals surface area contributed by atoms with E-state index in [4.69, 9.17) is 4.74 Å². The lowest BCUT2D eigenvalue weighted by Gasteiger charge is -2.28. The maximum absolute atomic E-state index is 11.6. The Kier molecular flexibility index (Phi) is 8.29. The molecule has 0 saturated heterocycles. The molecule has 3 rings (SSSR count). The van der Waals surface area contributed by atoms with Gasteiger partial charge in [0.2, 0.25) is 0 Å². The number of carboxylic acid groups (broad SMARTS) is 1. The van der Waals surface area contributed by atoms with Gasteiger partial charge in [0, 0.05) is 12.1 Å². The van der Waals surface area contributed by atoms with E-state index in [9.17, 15) is 20.3 Å². The van der Waals surface area contributed by atoms with Crippen LogP contribution in [0.15, 0.2) is 60.7 Å². The fourth-order valence-electron chi connectivity index (χ4n) is 3.95. The van der Waals surface area contributed by atoms with Crippen LogP contribution in [0.25, 0.3) is 11.1 Å². The number of benzene rings is 3. The van der Waals surface area contributed by atoms with Gasteiger partial charge in [-0.25, -0.2) is 4.79 Å². The van der Waals surface area contributed by atoms with Crippen LogP contribution in [0.3, 0.4) is 0 Å². The van der Waals surface area contributed by atoms with Crippen molar-refractivity contribution in [2.45, 2.75) is 45.8 Å². The molecule has 6 nitrogen and oxygen atoms in total. The molecule has 0 spiro atoms. The molecule has 0 bridgehead atoms. The summed E-state index contributed by atoms with van der Waals surface area (Å²) in [6.45, 7) is 8.69. The SMILES string of the molecule is Cc1ccc(CC(C)(C)NC[C@@H](O)COc2cc(-c3ccccc3C(=O)O)ccc2C#N)cc1C. The molecule has 0 radical (unpaired) electrons. The Hall–Kier alpha value is -3.66. The van der Waals surface area contributed by atoms with Crippen LogP contribution in [0.4, 0.5) is 0 Å². The van der Waals surface area contributed by atoms with E-state index < -0.39 is 12.1 Å².